The minimum atomic E-state index is 0.447. The minimum Gasteiger partial charge on any atom is -0.368 e. The van der Waals surface area contributed by atoms with Gasteiger partial charge in [0.15, 0.2) is 0 Å². The van der Waals surface area contributed by atoms with E-state index in [1.807, 2.05) is 0 Å². The van der Waals surface area contributed by atoms with Crippen molar-refractivity contribution in [2.45, 2.75) is 56.9 Å². The fraction of sp³-hybridized carbons (Fsp3) is 0.765. The van der Waals surface area contributed by atoms with E-state index in [1.54, 1.807) is 0 Å². The smallest absolute Gasteiger partial charge is 0.222 e. The van der Waals surface area contributed by atoms with E-state index in [0.717, 1.165) is 38.0 Å². The van der Waals surface area contributed by atoms with Gasteiger partial charge < -0.3 is 10.6 Å². The molecule has 0 bridgehead atoms. The van der Waals surface area contributed by atoms with Crippen molar-refractivity contribution in [2.75, 3.05) is 36.8 Å². The topological polar surface area (TPSA) is 58.3 Å². The number of nitrogens with zero attached hydrogens (tertiary/aromatic N) is 4. The van der Waals surface area contributed by atoms with Gasteiger partial charge in [-0.1, -0.05) is 19.3 Å². The van der Waals surface area contributed by atoms with E-state index in [0.29, 0.717) is 11.9 Å². The van der Waals surface area contributed by atoms with E-state index in [4.69, 9.17) is 5.73 Å². The molecule has 2 aliphatic carbocycles. The molecule has 22 heavy (non-hydrogen) atoms. The summed E-state index contributed by atoms with van der Waals surface area (Å²) in [5.74, 6) is 2.08. The summed E-state index contributed by atoms with van der Waals surface area (Å²) in [7, 11) is 0. The molecule has 0 aromatic carbocycles. The van der Waals surface area contributed by atoms with Crippen LogP contribution in [0.4, 0.5) is 11.8 Å². The fourth-order valence-electron chi connectivity index (χ4n) is 4.00. The van der Waals surface area contributed by atoms with E-state index in [1.165, 1.54) is 50.6 Å². The zero-order chi connectivity index (χ0) is 14.9. The third-order valence-corrected chi connectivity index (χ3v) is 5.47. The highest BCUT2D eigenvalue weighted by molar-refractivity contribution is 5.45. The van der Waals surface area contributed by atoms with Crippen molar-refractivity contribution in [3.63, 3.8) is 0 Å². The normalized spacial score (nSPS) is 24.6. The van der Waals surface area contributed by atoms with Crippen molar-refractivity contribution in [1.82, 2.24) is 14.9 Å². The quantitative estimate of drug-likeness (QED) is 0.929. The number of rotatable bonds is 3. The zero-order valence-corrected chi connectivity index (χ0v) is 13.4. The number of nitrogens with two attached hydrogens (primary N) is 1. The van der Waals surface area contributed by atoms with E-state index in [2.05, 4.69) is 25.8 Å². The summed E-state index contributed by atoms with van der Waals surface area (Å²) in [4.78, 5) is 14.1. The Morgan fingerprint density at radius 3 is 2.32 bits per heavy atom. The SMILES string of the molecule is Nc1nc(C2CCCCC2)cc(N2CCN(C3CC3)CC2)n1. The van der Waals surface area contributed by atoms with E-state index in [9.17, 15) is 0 Å². The molecule has 2 N–H and O–H groups in total. The molecule has 0 radical (unpaired) electrons. The summed E-state index contributed by atoms with van der Waals surface area (Å²) in [5.41, 5.74) is 7.17. The van der Waals surface area contributed by atoms with Crippen LogP contribution in [-0.4, -0.2) is 47.1 Å². The van der Waals surface area contributed by atoms with Gasteiger partial charge in [-0.05, 0) is 25.7 Å². The summed E-state index contributed by atoms with van der Waals surface area (Å²) in [6.07, 6.45) is 9.32. The molecule has 0 spiro atoms. The molecule has 120 valence electrons. The van der Waals surface area contributed by atoms with Gasteiger partial charge in [0.1, 0.15) is 5.82 Å². The molecule has 1 saturated heterocycles. The molecule has 4 rings (SSSR count). The Hall–Kier alpha value is -1.36. The Bertz CT molecular complexity index is 514. The Kier molecular flexibility index (Phi) is 3.90. The van der Waals surface area contributed by atoms with Crippen LogP contribution in [0.25, 0.3) is 0 Å². The molecular weight excluding hydrogens is 274 g/mol. The minimum absolute atomic E-state index is 0.447. The Morgan fingerprint density at radius 1 is 0.909 bits per heavy atom. The van der Waals surface area contributed by atoms with Crippen LogP contribution in [0.15, 0.2) is 6.07 Å². The first-order valence-corrected chi connectivity index (χ1v) is 8.93. The van der Waals surface area contributed by atoms with Gasteiger partial charge in [0.05, 0.1) is 5.69 Å². The molecular formula is C17H27N5. The number of aromatic nitrogens is 2. The van der Waals surface area contributed by atoms with E-state index in [-0.39, 0.29) is 0 Å². The van der Waals surface area contributed by atoms with E-state index >= 15 is 0 Å². The number of piperazine rings is 1. The molecule has 0 atom stereocenters. The number of hydrogen-bond acceptors (Lipinski definition) is 5. The van der Waals surface area contributed by atoms with Gasteiger partial charge in [0.25, 0.3) is 0 Å². The first-order valence-electron chi connectivity index (χ1n) is 8.93. The molecule has 1 aromatic rings. The Labute approximate surface area is 132 Å². The van der Waals surface area contributed by atoms with Crippen molar-refractivity contribution < 1.29 is 0 Å². The first-order chi connectivity index (χ1) is 10.8. The maximum absolute atomic E-state index is 6.00. The number of anilines is 2. The molecule has 2 heterocycles. The van der Waals surface area contributed by atoms with Gasteiger partial charge in [-0.3, -0.25) is 4.90 Å². The molecule has 5 nitrogen and oxygen atoms in total. The van der Waals surface area contributed by atoms with Crippen LogP contribution in [0.3, 0.4) is 0 Å². The summed E-state index contributed by atoms with van der Waals surface area (Å²) < 4.78 is 0. The molecule has 1 aliphatic heterocycles. The predicted molar refractivity (Wildman–Crippen MR) is 89.1 cm³/mol. The van der Waals surface area contributed by atoms with Crippen LogP contribution < -0.4 is 10.6 Å². The van der Waals surface area contributed by atoms with Gasteiger partial charge >= 0.3 is 0 Å². The van der Waals surface area contributed by atoms with Crippen molar-refractivity contribution in [3.8, 4) is 0 Å². The predicted octanol–water partition coefficient (Wildman–Crippen LogP) is 2.39. The van der Waals surface area contributed by atoms with Crippen LogP contribution in [0.2, 0.25) is 0 Å². The highest BCUT2D eigenvalue weighted by atomic mass is 15.3. The Morgan fingerprint density at radius 2 is 1.64 bits per heavy atom. The highest BCUT2D eigenvalue weighted by Gasteiger charge is 2.31. The maximum atomic E-state index is 6.00. The van der Waals surface area contributed by atoms with Gasteiger partial charge in [0.2, 0.25) is 5.95 Å². The number of nitrogen functional groups attached to an aromatic ring is 1. The van der Waals surface area contributed by atoms with Crippen molar-refractivity contribution in [2.24, 2.45) is 0 Å². The molecule has 5 heteroatoms. The molecule has 3 fully saturated rings. The third-order valence-electron chi connectivity index (χ3n) is 5.47. The standard InChI is InChI=1S/C17H27N5/c18-17-19-15(13-4-2-1-3-5-13)12-16(20-17)22-10-8-21(9-11-22)14-6-7-14/h12-14H,1-11H2,(H2,18,19,20). The lowest BCUT2D eigenvalue weighted by Gasteiger charge is -2.35. The second-order valence-corrected chi connectivity index (χ2v) is 7.10. The zero-order valence-electron chi connectivity index (χ0n) is 13.4. The van der Waals surface area contributed by atoms with Crippen LogP contribution in [0, 0.1) is 0 Å². The van der Waals surface area contributed by atoms with Gasteiger partial charge in [-0.25, -0.2) is 4.98 Å². The van der Waals surface area contributed by atoms with Crippen LogP contribution in [0.1, 0.15) is 56.6 Å². The van der Waals surface area contributed by atoms with Gasteiger partial charge in [-0.15, -0.1) is 0 Å². The second kappa shape index (κ2) is 6.03. The molecule has 3 aliphatic rings. The molecule has 1 aromatic heterocycles. The Balaban J connectivity index is 1.47. The second-order valence-electron chi connectivity index (χ2n) is 7.10. The maximum Gasteiger partial charge on any atom is 0.222 e. The fourth-order valence-corrected chi connectivity index (χ4v) is 4.00. The summed E-state index contributed by atoms with van der Waals surface area (Å²) in [6.45, 7) is 4.45. The summed E-state index contributed by atoms with van der Waals surface area (Å²) in [6, 6.07) is 3.08. The molecule has 0 unspecified atom stereocenters. The largest absolute Gasteiger partial charge is 0.368 e. The van der Waals surface area contributed by atoms with Crippen LogP contribution in [0.5, 0.6) is 0 Å². The lowest BCUT2D eigenvalue weighted by atomic mass is 9.87. The number of hydrogen-bond donors (Lipinski definition) is 1. The average molecular weight is 301 g/mol. The van der Waals surface area contributed by atoms with Crippen LogP contribution in [-0.2, 0) is 0 Å². The van der Waals surface area contributed by atoms with Crippen molar-refractivity contribution in [3.05, 3.63) is 11.8 Å². The highest BCUT2D eigenvalue weighted by Crippen LogP contribution is 2.33. The van der Waals surface area contributed by atoms with Crippen molar-refractivity contribution in [1.29, 1.82) is 0 Å². The van der Waals surface area contributed by atoms with Gasteiger partial charge in [-0.2, -0.15) is 4.98 Å². The third kappa shape index (κ3) is 3.05. The van der Waals surface area contributed by atoms with Crippen LogP contribution >= 0.6 is 0 Å². The first kappa shape index (κ1) is 14.2. The van der Waals surface area contributed by atoms with Gasteiger partial charge in [0, 0.05) is 44.2 Å². The average Bonchev–Trinajstić information content (AvgIpc) is 3.40. The molecule has 0 amide bonds. The monoisotopic (exact) mass is 301 g/mol. The van der Waals surface area contributed by atoms with E-state index < -0.39 is 0 Å². The summed E-state index contributed by atoms with van der Waals surface area (Å²) in [5, 5.41) is 0. The summed E-state index contributed by atoms with van der Waals surface area (Å²) >= 11 is 0. The lowest BCUT2D eigenvalue weighted by Crippen LogP contribution is -2.47. The lowest BCUT2D eigenvalue weighted by molar-refractivity contribution is 0.247. The molecule has 2 saturated carbocycles. The van der Waals surface area contributed by atoms with Crippen molar-refractivity contribution >= 4 is 11.8 Å².